The number of halogens is 3. The minimum atomic E-state index is -2.81. The standard InChI is InChI=1S/C22H15ClF2N6OS.C8H19N/c1-30-18(14(10-26-30)22-29-17(20(24)25)19(23)33-22)21(32)27-13-7-8-31-11-15(28-16(31)9-13)12-5-3-2-4-6-12;1-6-9(7(2)3)8(4)5/h2-11,20H,1H3,(H,27,32);7-8H,6H2,1-5H3. The fourth-order valence-electron chi connectivity index (χ4n) is 4.75. The second kappa shape index (κ2) is 13.5. The van der Waals surface area contributed by atoms with Crippen molar-refractivity contribution >= 4 is 40.2 Å². The maximum atomic E-state index is 13.1. The van der Waals surface area contributed by atoms with Gasteiger partial charge in [0, 0.05) is 48.8 Å². The molecule has 12 heteroatoms. The van der Waals surface area contributed by atoms with Crippen LogP contribution in [0.3, 0.4) is 0 Å². The number of anilines is 1. The second-order valence-electron chi connectivity index (χ2n) is 10.2. The molecule has 0 saturated heterocycles. The molecule has 0 aliphatic rings. The van der Waals surface area contributed by atoms with Crippen LogP contribution in [-0.2, 0) is 7.05 Å². The molecule has 1 N–H and O–H groups in total. The third kappa shape index (κ3) is 7.03. The number of aromatic nitrogens is 5. The SMILES string of the molecule is CCN(C(C)C)C(C)C.Cn1ncc(-c2nc(C(F)F)c(Cl)s2)c1C(=O)Nc1ccn2cc(-c3ccccc3)nc2c1. The largest absolute Gasteiger partial charge is 0.320 e. The highest BCUT2D eigenvalue weighted by molar-refractivity contribution is 7.19. The second-order valence-corrected chi connectivity index (χ2v) is 11.8. The van der Waals surface area contributed by atoms with Crippen molar-refractivity contribution in [2.45, 2.75) is 53.1 Å². The zero-order valence-electron chi connectivity index (χ0n) is 24.3. The lowest BCUT2D eigenvalue weighted by Gasteiger charge is -2.28. The summed E-state index contributed by atoms with van der Waals surface area (Å²) in [6, 6.07) is 14.6. The zero-order valence-corrected chi connectivity index (χ0v) is 25.9. The summed E-state index contributed by atoms with van der Waals surface area (Å²) in [6.45, 7) is 12.3. The Morgan fingerprint density at radius 1 is 1.10 bits per heavy atom. The number of alkyl halides is 2. The summed E-state index contributed by atoms with van der Waals surface area (Å²) in [6.07, 6.45) is 2.30. The molecule has 0 aliphatic heterocycles. The number of fused-ring (bicyclic) bond motifs is 1. The van der Waals surface area contributed by atoms with Gasteiger partial charge in [-0.2, -0.15) is 5.10 Å². The Bertz CT molecular complexity index is 1640. The van der Waals surface area contributed by atoms with Crippen LogP contribution in [0.15, 0.2) is 61.1 Å². The van der Waals surface area contributed by atoms with Crippen molar-refractivity contribution in [1.82, 2.24) is 29.0 Å². The van der Waals surface area contributed by atoms with Gasteiger partial charge in [-0.05, 0) is 40.3 Å². The highest BCUT2D eigenvalue weighted by Gasteiger charge is 2.25. The van der Waals surface area contributed by atoms with Crippen LogP contribution in [0.4, 0.5) is 14.5 Å². The van der Waals surface area contributed by atoms with Crippen LogP contribution in [0.25, 0.3) is 27.5 Å². The van der Waals surface area contributed by atoms with Crippen LogP contribution in [0.2, 0.25) is 4.34 Å². The predicted octanol–water partition coefficient (Wildman–Crippen LogP) is 7.83. The molecule has 0 spiro atoms. The molecule has 222 valence electrons. The van der Waals surface area contributed by atoms with Crippen LogP contribution in [-0.4, -0.2) is 53.6 Å². The molecule has 0 atom stereocenters. The van der Waals surface area contributed by atoms with Crippen molar-refractivity contribution in [2.24, 2.45) is 7.05 Å². The Balaban J connectivity index is 0.000000392. The molecule has 0 radical (unpaired) electrons. The van der Waals surface area contributed by atoms with E-state index in [0.717, 1.165) is 29.1 Å². The average molecular weight is 614 g/mol. The first-order valence-corrected chi connectivity index (χ1v) is 14.8. The van der Waals surface area contributed by atoms with Gasteiger partial charge in [-0.3, -0.25) is 14.4 Å². The monoisotopic (exact) mass is 613 g/mol. The number of rotatable bonds is 8. The van der Waals surface area contributed by atoms with Gasteiger partial charge >= 0.3 is 0 Å². The van der Waals surface area contributed by atoms with Crippen LogP contribution in [0.1, 0.15) is 57.2 Å². The zero-order chi connectivity index (χ0) is 30.6. The topological polar surface area (TPSA) is 80.4 Å². The van der Waals surface area contributed by atoms with E-state index in [4.69, 9.17) is 11.6 Å². The fourth-order valence-corrected chi connectivity index (χ4v) is 5.91. The van der Waals surface area contributed by atoms with E-state index in [-0.39, 0.29) is 15.0 Å². The Morgan fingerprint density at radius 2 is 1.79 bits per heavy atom. The summed E-state index contributed by atoms with van der Waals surface area (Å²) in [5.41, 5.74) is 2.96. The van der Waals surface area contributed by atoms with Crippen molar-refractivity contribution < 1.29 is 13.6 Å². The number of carbonyl (C=O) groups excluding carboxylic acids is 1. The highest BCUT2D eigenvalue weighted by Crippen LogP contribution is 2.37. The van der Waals surface area contributed by atoms with Crippen molar-refractivity contribution in [3.8, 4) is 21.8 Å². The first kappa shape index (κ1) is 31.3. The Hall–Kier alpha value is -3.67. The number of nitrogens with one attached hydrogen (secondary N) is 1. The number of amides is 1. The molecule has 0 fully saturated rings. The molecular formula is C30H34ClF2N7OS. The maximum Gasteiger partial charge on any atom is 0.282 e. The van der Waals surface area contributed by atoms with E-state index in [1.165, 1.54) is 10.9 Å². The Labute approximate surface area is 253 Å². The third-order valence-electron chi connectivity index (χ3n) is 6.68. The quantitative estimate of drug-likeness (QED) is 0.193. The van der Waals surface area contributed by atoms with Crippen LogP contribution in [0.5, 0.6) is 0 Å². The smallest absolute Gasteiger partial charge is 0.282 e. The summed E-state index contributed by atoms with van der Waals surface area (Å²) in [5.74, 6) is -0.464. The molecule has 1 amide bonds. The van der Waals surface area contributed by atoms with Gasteiger partial charge in [-0.15, -0.1) is 11.3 Å². The molecule has 42 heavy (non-hydrogen) atoms. The lowest BCUT2D eigenvalue weighted by molar-refractivity contribution is 0.101. The van der Waals surface area contributed by atoms with E-state index in [1.807, 2.05) is 40.9 Å². The normalized spacial score (nSPS) is 11.5. The molecule has 0 unspecified atom stereocenters. The number of carbonyl (C=O) groups is 1. The van der Waals surface area contributed by atoms with E-state index >= 15 is 0 Å². The van der Waals surface area contributed by atoms with E-state index in [1.54, 1.807) is 25.4 Å². The van der Waals surface area contributed by atoms with Gasteiger partial charge in [0.15, 0.2) is 0 Å². The fraction of sp³-hybridized carbons (Fsp3) is 0.333. The summed E-state index contributed by atoms with van der Waals surface area (Å²) in [7, 11) is 1.59. The van der Waals surface area contributed by atoms with Gasteiger partial charge in [-0.25, -0.2) is 18.7 Å². The number of benzene rings is 1. The van der Waals surface area contributed by atoms with Crippen molar-refractivity contribution in [3.05, 3.63) is 76.8 Å². The number of imidazole rings is 1. The summed E-state index contributed by atoms with van der Waals surface area (Å²) >= 11 is 6.78. The molecule has 5 aromatic rings. The van der Waals surface area contributed by atoms with E-state index in [2.05, 4.69) is 59.9 Å². The lowest BCUT2D eigenvalue weighted by Crippen LogP contribution is -2.36. The highest BCUT2D eigenvalue weighted by atomic mass is 35.5. The van der Waals surface area contributed by atoms with Crippen LogP contribution >= 0.6 is 22.9 Å². The van der Waals surface area contributed by atoms with Crippen LogP contribution in [0, 0.1) is 0 Å². The lowest BCUT2D eigenvalue weighted by atomic mass is 10.2. The molecule has 0 saturated carbocycles. The molecule has 4 heterocycles. The number of pyridine rings is 1. The molecular weight excluding hydrogens is 580 g/mol. The number of hydrogen-bond acceptors (Lipinski definition) is 6. The van der Waals surface area contributed by atoms with E-state index in [0.29, 0.717) is 29.0 Å². The number of nitrogens with zero attached hydrogens (tertiary/aromatic N) is 6. The minimum Gasteiger partial charge on any atom is -0.320 e. The van der Waals surface area contributed by atoms with Gasteiger partial charge in [0.2, 0.25) is 0 Å². The summed E-state index contributed by atoms with van der Waals surface area (Å²) in [5, 5.41) is 7.12. The van der Waals surface area contributed by atoms with Crippen molar-refractivity contribution in [1.29, 1.82) is 0 Å². The third-order valence-corrected chi connectivity index (χ3v) is 8.00. The average Bonchev–Trinajstić information content (AvgIpc) is 3.65. The van der Waals surface area contributed by atoms with Gasteiger partial charge in [-0.1, -0.05) is 48.9 Å². The molecule has 5 rings (SSSR count). The Kier molecular flexibility index (Phi) is 10.1. The molecule has 0 bridgehead atoms. The predicted molar refractivity (Wildman–Crippen MR) is 166 cm³/mol. The van der Waals surface area contributed by atoms with Gasteiger partial charge in [0.1, 0.15) is 26.4 Å². The number of aryl methyl sites for hydroxylation is 1. The van der Waals surface area contributed by atoms with E-state index < -0.39 is 18.0 Å². The Morgan fingerprint density at radius 3 is 2.36 bits per heavy atom. The molecule has 0 aliphatic carbocycles. The molecule has 4 aromatic heterocycles. The first-order valence-electron chi connectivity index (χ1n) is 13.6. The maximum absolute atomic E-state index is 13.1. The number of hydrogen-bond donors (Lipinski definition) is 1. The van der Waals surface area contributed by atoms with Gasteiger partial charge in [0.25, 0.3) is 12.3 Å². The van der Waals surface area contributed by atoms with Crippen molar-refractivity contribution in [3.63, 3.8) is 0 Å². The van der Waals surface area contributed by atoms with Crippen molar-refractivity contribution in [2.75, 3.05) is 11.9 Å². The van der Waals surface area contributed by atoms with Gasteiger partial charge in [0.05, 0.1) is 17.5 Å². The first-order chi connectivity index (χ1) is 20.0. The summed E-state index contributed by atoms with van der Waals surface area (Å²) < 4.78 is 29.3. The van der Waals surface area contributed by atoms with Gasteiger partial charge < -0.3 is 9.72 Å². The summed E-state index contributed by atoms with van der Waals surface area (Å²) in [4.78, 5) is 24.1. The molecule has 1 aromatic carbocycles. The minimum absolute atomic E-state index is 0.116. The number of thiazole rings is 1. The van der Waals surface area contributed by atoms with E-state index in [9.17, 15) is 13.6 Å². The molecule has 8 nitrogen and oxygen atoms in total. The van der Waals surface area contributed by atoms with Crippen LogP contribution < -0.4 is 5.32 Å².